The zero-order chi connectivity index (χ0) is 32.2. The molecule has 4 nitrogen and oxygen atoms in total. The van der Waals surface area contributed by atoms with Crippen molar-refractivity contribution in [1.82, 2.24) is 5.32 Å². The van der Waals surface area contributed by atoms with E-state index in [2.05, 4.69) is 31.3 Å². The van der Waals surface area contributed by atoms with Crippen LogP contribution in [0.15, 0.2) is 12.2 Å². The molecule has 0 saturated heterocycles. The Morgan fingerprint density at radius 3 is 1.16 bits per heavy atom. The first-order valence-electron chi connectivity index (χ1n) is 19.9. The van der Waals surface area contributed by atoms with E-state index < -0.39 is 11.9 Å². The predicted molar refractivity (Wildman–Crippen MR) is 194 cm³/mol. The summed E-state index contributed by atoms with van der Waals surface area (Å²) in [5.74, 6) is -0.406. The highest BCUT2D eigenvalue weighted by molar-refractivity contribution is 5.86. The van der Waals surface area contributed by atoms with Crippen LogP contribution in [0.4, 0.5) is 0 Å². The number of hydrogen-bond donors (Lipinski definition) is 2. The topological polar surface area (TPSA) is 72.2 Å². The van der Waals surface area contributed by atoms with Crippen LogP contribution in [0, 0.1) is 0 Å². The Bertz CT molecular complexity index is 633. The third kappa shape index (κ3) is 33.6. The lowest BCUT2D eigenvalue weighted by atomic mass is 10.0. The number of allylic oxidation sites excluding steroid dienone is 2. The molecule has 0 saturated carbocycles. The number of hydrogen-bond acceptors (Lipinski definition) is 2. The maximum absolute atomic E-state index is 12.4. The molecule has 1 atom stereocenters. The zero-order valence-corrected chi connectivity index (χ0v) is 30.0. The van der Waals surface area contributed by atoms with Crippen molar-refractivity contribution in [2.75, 3.05) is 0 Å². The standard InChI is InChI=1S/C40H78N2O2/c1-3-5-7-9-11-13-15-17-19-20-21-23-24-26-28-30-32-34-36-38(40(41)44)42-39(43)37-35-33-31-29-27-25-22-18-16-14-12-10-8-6-4-2/h17,19,38H,3-16,18,20-37H2,1-2H3,(H2,41,44)(H,42,43)/b19-17-. The van der Waals surface area contributed by atoms with Gasteiger partial charge in [0.05, 0.1) is 0 Å². The summed E-state index contributed by atoms with van der Waals surface area (Å²) in [6.45, 7) is 4.55. The minimum Gasteiger partial charge on any atom is -0.368 e. The van der Waals surface area contributed by atoms with Gasteiger partial charge >= 0.3 is 0 Å². The average molecular weight is 619 g/mol. The van der Waals surface area contributed by atoms with E-state index in [-0.39, 0.29) is 5.91 Å². The lowest BCUT2D eigenvalue weighted by Gasteiger charge is -2.15. The molecule has 3 N–H and O–H groups in total. The molecular weight excluding hydrogens is 540 g/mol. The van der Waals surface area contributed by atoms with Gasteiger partial charge in [-0.05, 0) is 38.5 Å². The van der Waals surface area contributed by atoms with Crippen molar-refractivity contribution in [2.24, 2.45) is 5.73 Å². The van der Waals surface area contributed by atoms with Crippen LogP contribution < -0.4 is 11.1 Å². The highest BCUT2D eigenvalue weighted by Gasteiger charge is 2.17. The number of rotatable bonds is 36. The molecule has 0 aromatic carbocycles. The molecule has 0 aliphatic carbocycles. The van der Waals surface area contributed by atoms with Crippen LogP contribution in [0.25, 0.3) is 0 Å². The minimum absolute atomic E-state index is 0.0132. The third-order valence-electron chi connectivity index (χ3n) is 9.19. The highest BCUT2D eigenvalue weighted by Crippen LogP contribution is 2.15. The SMILES string of the molecule is CCCCCCCC/C=C\CCCCCCCCCCC(NC(=O)CCCCCCCCCCCCCCCCC)C(N)=O. The van der Waals surface area contributed by atoms with Crippen LogP contribution in [0.5, 0.6) is 0 Å². The second-order valence-corrected chi connectivity index (χ2v) is 13.7. The summed E-state index contributed by atoms with van der Waals surface area (Å²) >= 11 is 0. The summed E-state index contributed by atoms with van der Waals surface area (Å²) in [6.07, 6.45) is 46.3. The van der Waals surface area contributed by atoms with E-state index in [1.54, 1.807) is 0 Å². The Balaban J connectivity index is 3.53. The number of primary amides is 1. The first-order valence-corrected chi connectivity index (χ1v) is 19.9. The van der Waals surface area contributed by atoms with Crippen molar-refractivity contribution in [2.45, 2.75) is 232 Å². The van der Waals surface area contributed by atoms with E-state index in [1.165, 1.54) is 173 Å². The van der Waals surface area contributed by atoms with E-state index in [0.29, 0.717) is 12.8 Å². The summed E-state index contributed by atoms with van der Waals surface area (Å²) in [5.41, 5.74) is 5.59. The molecule has 0 bridgehead atoms. The number of carbonyl (C=O) groups excluding carboxylic acids is 2. The number of nitrogens with one attached hydrogen (secondary N) is 1. The third-order valence-corrected chi connectivity index (χ3v) is 9.19. The van der Waals surface area contributed by atoms with E-state index in [9.17, 15) is 9.59 Å². The summed E-state index contributed by atoms with van der Waals surface area (Å²) < 4.78 is 0. The monoisotopic (exact) mass is 619 g/mol. The van der Waals surface area contributed by atoms with Gasteiger partial charge in [0.25, 0.3) is 0 Å². The number of unbranched alkanes of at least 4 members (excludes halogenated alkanes) is 28. The van der Waals surface area contributed by atoms with Crippen LogP contribution in [-0.4, -0.2) is 17.9 Å². The van der Waals surface area contributed by atoms with E-state index in [0.717, 1.165) is 25.7 Å². The molecule has 0 aliphatic heterocycles. The Morgan fingerprint density at radius 2 is 0.795 bits per heavy atom. The van der Waals surface area contributed by atoms with Crippen molar-refractivity contribution in [1.29, 1.82) is 0 Å². The fourth-order valence-corrected chi connectivity index (χ4v) is 6.16. The smallest absolute Gasteiger partial charge is 0.239 e. The Morgan fingerprint density at radius 1 is 0.477 bits per heavy atom. The predicted octanol–water partition coefficient (Wildman–Crippen LogP) is 12.4. The molecule has 1 unspecified atom stereocenters. The van der Waals surface area contributed by atoms with Gasteiger partial charge in [-0.3, -0.25) is 9.59 Å². The fraction of sp³-hybridized carbons (Fsp3) is 0.900. The first-order chi connectivity index (χ1) is 21.6. The van der Waals surface area contributed by atoms with Gasteiger partial charge in [-0.15, -0.1) is 0 Å². The van der Waals surface area contributed by atoms with E-state index >= 15 is 0 Å². The van der Waals surface area contributed by atoms with Gasteiger partial charge in [-0.25, -0.2) is 0 Å². The Labute approximate surface area is 275 Å². The van der Waals surface area contributed by atoms with Gasteiger partial charge in [0.2, 0.25) is 11.8 Å². The fourth-order valence-electron chi connectivity index (χ4n) is 6.16. The van der Waals surface area contributed by atoms with Crippen molar-refractivity contribution in [3.8, 4) is 0 Å². The molecule has 0 heterocycles. The first kappa shape index (κ1) is 42.7. The number of nitrogens with two attached hydrogens (primary N) is 1. The highest BCUT2D eigenvalue weighted by atomic mass is 16.2. The minimum atomic E-state index is -0.507. The summed E-state index contributed by atoms with van der Waals surface area (Å²) in [6, 6.07) is -0.507. The van der Waals surface area contributed by atoms with Gasteiger partial charge in [0, 0.05) is 6.42 Å². The molecule has 0 aliphatic rings. The van der Waals surface area contributed by atoms with Gasteiger partial charge in [-0.1, -0.05) is 193 Å². The van der Waals surface area contributed by atoms with Crippen LogP contribution in [0.2, 0.25) is 0 Å². The average Bonchev–Trinajstić information content (AvgIpc) is 3.01. The molecule has 44 heavy (non-hydrogen) atoms. The van der Waals surface area contributed by atoms with Crippen LogP contribution >= 0.6 is 0 Å². The molecule has 0 radical (unpaired) electrons. The molecule has 260 valence electrons. The van der Waals surface area contributed by atoms with Crippen LogP contribution in [0.1, 0.15) is 226 Å². The summed E-state index contributed by atoms with van der Waals surface area (Å²) in [4.78, 5) is 24.2. The quantitative estimate of drug-likeness (QED) is 0.0541. The summed E-state index contributed by atoms with van der Waals surface area (Å²) in [5, 5.41) is 2.90. The Kier molecular flexibility index (Phi) is 35.1. The van der Waals surface area contributed by atoms with Crippen molar-refractivity contribution >= 4 is 11.8 Å². The van der Waals surface area contributed by atoms with Gasteiger partial charge < -0.3 is 11.1 Å². The van der Waals surface area contributed by atoms with Crippen LogP contribution in [-0.2, 0) is 9.59 Å². The molecule has 0 aromatic heterocycles. The second-order valence-electron chi connectivity index (χ2n) is 13.7. The van der Waals surface area contributed by atoms with Crippen LogP contribution in [0.3, 0.4) is 0 Å². The van der Waals surface area contributed by atoms with Crippen molar-refractivity contribution in [3.63, 3.8) is 0 Å². The molecule has 0 spiro atoms. The second kappa shape index (κ2) is 36.2. The normalized spacial score (nSPS) is 12.2. The van der Waals surface area contributed by atoms with Gasteiger partial charge in [0.1, 0.15) is 6.04 Å². The number of amides is 2. The maximum Gasteiger partial charge on any atom is 0.239 e. The molecule has 4 heteroatoms. The molecular formula is C40H78N2O2. The van der Waals surface area contributed by atoms with Crippen molar-refractivity contribution in [3.05, 3.63) is 12.2 Å². The van der Waals surface area contributed by atoms with Gasteiger partial charge in [-0.2, -0.15) is 0 Å². The lowest BCUT2D eigenvalue weighted by molar-refractivity contribution is -0.127. The Hall–Kier alpha value is -1.32. The molecule has 0 fully saturated rings. The molecule has 0 aromatic rings. The summed E-state index contributed by atoms with van der Waals surface area (Å²) in [7, 11) is 0. The van der Waals surface area contributed by atoms with Crippen molar-refractivity contribution < 1.29 is 9.59 Å². The molecule has 2 amide bonds. The lowest BCUT2D eigenvalue weighted by Crippen LogP contribution is -2.44. The molecule has 0 rings (SSSR count). The zero-order valence-electron chi connectivity index (χ0n) is 30.0. The van der Waals surface area contributed by atoms with E-state index in [1.807, 2.05) is 0 Å². The maximum atomic E-state index is 12.4. The van der Waals surface area contributed by atoms with Gasteiger partial charge in [0.15, 0.2) is 0 Å². The number of carbonyl (C=O) groups is 2. The van der Waals surface area contributed by atoms with E-state index in [4.69, 9.17) is 5.73 Å². The largest absolute Gasteiger partial charge is 0.368 e.